The Bertz CT molecular complexity index is 180. The third kappa shape index (κ3) is 3.35. The molecule has 1 fully saturated rings. The van der Waals surface area contributed by atoms with Gasteiger partial charge in [-0.1, -0.05) is 20.3 Å². The monoisotopic (exact) mass is 185 g/mol. The van der Waals surface area contributed by atoms with Gasteiger partial charge in [-0.25, -0.2) is 0 Å². The van der Waals surface area contributed by atoms with Crippen LogP contribution in [-0.4, -0.2) is 23.2 Å². The molecular weight excluding hydrogens is 166 g/mol. The van der Waals surface area contributed by atoms with Gasteiger partial charge in [-0.3, -0.25) is 4.79 Å². The number of nitrogens with one attached hydrogen (secondary N) is 1. The minimum absolute atomic E-state index is 0.120. The van der Waals surface area contributed by atoms with Crippen LogP contribution in [0, 0.1) is 5.92 Å². The normalized spacial score (nSPS) is 29.2. The van der Waals surface area contributed by atoms with E-state index >= 15 is 0 Å². The van der Waals surface area contributed by atoms with E-state index in [4.69, 9.17) is 5.11 Å². The number of hydrogen-bond acceptors (Lipinski definition) is 2. The Hall–Kier alpha value is -0.570. The Labute approximate surface area is 79.5 Å². The fourth-order valence-corrected chi connectivity index (χ4v) is 2.04. The molecule has 2 atom stereocenters. The fraction of sp³-hybridized carbons (Fsp3) is 0.900. The van der Waals surface area contributed by atoms with Crippen LogP contribution < -0.4 is 5.32 Å². The molecule has 0 spiro atoms. The van der Waals surface area contributed by atoms with Gasteiger partial charge in [-0.15, -0.1) is 0 Å². The predicted molar refractivity (Wildman–Crippen MR) is 51.7 cm³/mol. The van der Waals surface area contributed by atoms with Crippen molar-refractivity contribution in [1.82, 2.24) is 5.32 Å². The summed E-state index contributed by atoms with van der Waals surface area (Å²) >= 11 is 0. The van der Waals surface area contributed by atoms with Crippen molar-refractivity contribution in [2.24, 2.45) is 5.92 Å². The highest BCUT2D eigenvalue weighted by molar-refractivity contribution is 5.70. The lowest BCUT2D eigenvalue weighted by atomic mass is 9.85. The van der Waals surface area contributed by atoms with Crippen molar-refractivity contribution in [3.05, 3.63) is 0 Å². The standard InChI is InChI=1S/C10H19NO2/c1-7(2)11-9-5-3-4-8(6-9)10(12)13/h7-9,11H,3-6H2,1-2H3,(H,12,13)/t8-,9+/m0/s1. The van der Waals surface area contributed by atoms with Crippen molar-refractivity contribution >= 4 is 5.97 Å². The van der Waals surface area contributed by atoms with Gasteiger partial charge in [0.25, 0.3) is 0 Å². The van der Waals surface area contributed by atoms with Crippen molar-refractivity contribution in [3.8, 4) is 0 Å². The minimum atomic E-state index is -0.629. The van der Waals surface area contributed by atoms with Crippen LogP contribution in [-0.2, 0) is 4.79 Å². The van der Waals surface area contributed by atoms with Crippen molar-refractivity contribution in [1.29, 1.82) is 0 Å². The van der Waals surface area contributed by atoms with Gasteiger partial charge in [0.2, 0.25) is 0 Å². The topological polar surface area (TPSA) is 49.3 Å². The van der Waals surface area contributed by atoms with E-state index in [2.05, 4.69) is 19.2 Å². The van der Waals surface area contributed by atoms with Crippen molar-refractivity contribution in [2.75, 3.05) is 0 Å². The summed E-state index contributed by atoms with van der Waals surface area (Å²) in [6.07, 6.45) is 3.82. The van der Waals surface area contributed by atoms with E-state index < -0.39 is 5.97 Å². The minimum Gasteiger partial charge on any atom is -0.481 e. The van der Waals surface area contributed by atoms with Gasteiger partial charge in [-0.2, -0.15) is 0 Å². The number of aliphatic carboxylic acids is 1. The SMILES string of the molecule is CC(C)N[C@@H]1CCC[C@H](C(=O)O)C1. The molecule has 1 saturated carbocycles. The third-order valence-electron chi connectivity index (χ3n) is 2.59. The average molecular weight is 185 g/mol. The van der Waals surface area contributed by atoms with Gasteiger partial charge in [0, 0.05) is 12.1 Å². The molecule has 1 aliphatic rings. The predicted octanol–water partition coefficient (Wildman–Crippen LogP) is 1.63. The van der Waals surface area contributed by atoms with E-state index in [1.165, 1.54) is 0 Å². The lowest BCUT2D eigenvalue weighted by Crippen LogP contribution is -2.39. The van der Waals surface area contributed by atoms with Crippen LogP contribution in [0.2, 0.25) is 0 Å². The van der Waals surface area contributed by atoms with Crippen LogP contribution in [0.3, 0.4) is 0 Å². The highest BCUT2D eigenvalue weighted by Crippen LogP contribution is 2.24. The van der Waals surface area contributed by atoms with Crippen LogP contribution in [0.25, 0.3) is 0 Å². The Morgan fingerprint density at radius 3 is 2.69 bits per heavy atom. The van der Waals surface area contributed by atoms with E-state index in [1.807, 2.05) is 0 Å². The van der Waals surface area contributed by atoms with E-state index in [-0.39, 0.29) is 5.92 Å². The van der Waals surface area contributed by atoms with E-state index in [0.717, 1.165) is 25.7 Å². The van der Waals surface area contributed by atoms with Crippen molar-refractivity contribution < 1.29 is 9.90 Å². The second kappa shape index (κ2) is 4.61. The molecule has 0 aromatic carbocycles. The average Bonchev–Trinajstić information content (AvgIpc) is 2.03. The molecule has 13 heavy (non-hydrogen) atoms. The maximum atomic E-state index is 10.8. The van der Waals surface area contributed by atoms with Gasteiger partial charge in [0.05, 0.1) is 5.92 Å². The maximum Gasteiger partial charge on any atom is 0.306 e. The lowest BCUT2D eigenvalue weighted by Gasteiger charge is -2.28. The molecule has 0 aromatic rings. The second-order valence-corrected chi connectivity index (χ2v) is 4.22. The zero-order valence-corrected chi connectivity index (χ0v) is 8.42. The van der Waals surface area contributed by atoms with E-state index in [1.54, 1.807) is 0 Å². The zero-order chi connectivity index (χ0) is 9.84. The fourth-order valence-electron chi connectivity index (χ4n) is 2.04. The van der Waals surface area contributed by atoms with E-state index in [0.29, 0.717) is 12.1 Å². The highest BCUT2D eigenvalue weighted by atomic mass is 16.4. The lowest BCUT2D eigenvalue weighted by molar-refractivity contribution is -0.143. The Kier molecular flexibility index (Phi) is 3.72. The molecule has 3 nitrogen and oxygen atoms in total. The molecule has 0 saturated heterocycles. The molecule has 3 heteroatoms. The summed E-state index contributed by atoms with van der Waals surface area (Å²) in [6, 6.07) is 0.868. The molecule has 0 aliphatic heterocycles. The smallest absolute Gasteiger partial charge is 0.306 e. The molecule has 0 radical (unpaired) electrons. The molecule has 1 aliphatic carbocycles. The summed E-state index contributed by atoms with van der Waals surface area (Å²) in [7, 11) is 0. The van der Waals surface area contributed by atoms with Gasteiger partial charge >= 0.3 is 5.97 Å². The third-order valence-corrected chi connectivity index (χ3v) is 2.59. The van der Waals surface area contributed by atoms with Crippen LogP contribution in [0.15, 0.2) is 0 Å². The molecule has 0 amide bonds. The summed E-state index contributed by atoms with van der Waals surface area (Å²) in [5, 5.41) is 12.3. The quantitative estimate of drug-likeness (QED) is 0.702. The molecule has 0 bridgehead atoms. The van der Waals surface area contributed by atoms with Crippen molar-refractivity contribution in [3.63, 3.8) is 0 Å². The van der Waals surface area contributed by atoms with Crippen LogP contribution in [0.1, 0.15) is 39.5 Å². The number of hydrogen-bond donors (Lipinski definition) is 2. The Balaban J connectivity index is 2.37. The van der Waals surface area contributed by atoms with Crippen LogP contribution in [0.4, 0.5) is 0 Å². The summed E-state index contributed by atoms with van der Waals surface area (Å²) in [4.78, 5) is 10.8. The van der Waals surface area contributed by atoms with Crippen molar-refractivity contribution in [2.45, 2.75) is 51.6 Å². The number of carboxylic acid groups (broad SMARTS) is 1. The van der Waals surface area contributed by atoms with Gasteiger partial charge in [0.1, 0.15) is 0 Å². The first-order valence-electron chi connectivity index (χ1n) is 5.08. The molecule has 1 rings (SSSR count). The number of carboxylic acids is 1. The molecule has 0 heterocycles. The summed E-state index contributed by atoms with van der Waals surface area (Å²) in [5.41, 5.74) is 0. The van der Waals surface area contributed by atoms with E-state index in [9.17, 15) is 4.79 Å². The summed E-state index contributed by atoms with van der Waals surface area (Å²) in [5.74, 6) is -0.750. The summed E-state index contributed by atoms with van der Waals surface area (Å²) in [6.45, 7) is 4.20. The van der Waals surface area contributed by atoms with Crippen LogP contribution in [0.5, 0.6) is 0 Å². The van der Waals surface area contributed by atoms with Crippen LogP contribution >= 0.6 is 0 Å². The number of rotatable bonds is 3. The van der Waals surface area contributed by atoms with Gasteiger partial charge in [0.15, 0.2) is 0 Å². The second-order valence-electron chi connectivity index (χ2n) is 4.22. The first kappa shape index (κ1) is 10.5. The first-order valence-corrected chi connectivity index (χ1v) is 5.08. The highest BCUT2D eigenvalue weighted by Gasteiger charge is 2.26. The molecule has 2 N–H and O–H groups in total. The first-order chi connectivity index (χ1) is 6.09. The summed E-state index contributed by atoms with van der Waals surface area (Å²) < 4.78 is 0. The Morgan fingerprint density at radius 2 is 2.15 bits per heavy atom. The maximum absolute atomic E-state index is 10.8. The number of carbonyl (C=O) groups is 1. The molecule has 0 unspecified atom stereocenters. The molecule has 0 aromatic heterocycles. The van der Waals surface area contributed by atoms with Gasteiger partial charge in [-0.05, 0) is 19.3 Å². The largest absolute Gasteiger partial charge is 0.481 e. The Morgan fingerprint density at radius 1 is 1.46 bits per heavy atom. The zero-order valence-electron chi connectivity index (χ0n) is 8.42. The van der Waals surface area contributed by atoms with Gasteiger partial charge < -0.3 is 10.4 Å². The molecular formula is C10H19NO2. The molecule has 76 valence electrons.